The molecule has 7 heteroatoms. The summed E-state index contributed by atoms with van der Waals surface area (Å²) in [6.07, 6.45) is 0. The quantitative estimate of drug-likeness (QED) is 0.817. The van der Waals surface area contributed by atoms with Crippen LogP contribution in [0.2, 0.25) is 0 Å². The van der Waals surface area contributed by atoms with Crippen molar-refractivity contribution < 1.29 is 28.2 Å². The topological polar surface area (TPSA) is 101 Å². The van der Waals surface area contributed by atoms with Gasteiger partial charge < -0.3 is 14.9 Å². The second kappa shape index (κ2) is 7.14. The molecule has 134 valence electrons. The predicted octanol–water partition coefficient (Wildman–Crippen LogP) is 2.87. The van der Waals surface area contributed by atoms with E-state index >= 15 is 0 Å². The highest BCUT2D eigenvalue weighted by atomic mass is 32.2. The van der Waals surface area contributed by atoms with Crippen LogP contribution in [0.25, 0.3) is 0 Å². The minimum atomic E-state index is -3.50. The van der Waals surface area contributed by atoms with Crippen LogP contribution in [-0.4, -0.2) is 37.0 Å². The van der Waals surface area contributed by atoms with Gasteiger partial charge in [0.2, 0.25) is 0 Å². The van der Waals surface area contributed by atoms with Gasteiger partial charge in [-0.2, -0.15) is 0 Å². The number of phenols is 1. The van der Waals surface area contributed by atoms with Gasteiger partial charge >= 0.3 is 5.97 Å². The molecule has 6 nitrogen and oxygen atoms in total. The summed E-state index contributed by atoms with van der Waals surface area (Å²) in [7, 11) is -3.50. The third-order valence-electron chi connectivity index (χ3n) is 3.93. The fraction of sp³-hybridized carbons (Fsp3) is 0.278. The van der Waals surface area contributed by atoms with Gasteiger partial charge in [0.25, 0.3) is 0 Å². The standard InChI is InChI=1S/C18H20O6S/c1-11-6-4-5-7-15(11)25(22,23)9-8-24-17-12(2)10-14(18(20)21)16(19)13(17)3/h4-7,10,19H,8-9H2,1-3H3,(H,20,21). The zero-order valence-corrected chi connectivity index (χ0v) is 15.1. The molecule has 0 aromatic heterocycles. The van der Waals surface area contributed by atoms with Crippen LogP contribution in [0.3, 0.4) is 0 Å². The molecule has 2 aromatic carbocycles. The summed E-state index contributed by atoms with van der Waals surface area (Å²) in [5, 5.41) is 19.0. The Labute approximate surface area is 146 Å². The number of aromatic hydroxyl groups is 1. The van der Waals surface area contributed by atoms with E-state index in [1.165, 1.54) is 13.0 Å². The van der Waals surface area contributed by atoms with E-state index < -0.39 is 15.8 Å². The molecule has 0 saturated carbocycles. The Morgan fingerprint density at radius 1 is 1.12 bits per heavy atom. The molecule has 0 aliphatic rings. The molecule has 2 rings (SSSR count). The molecular formula is C18H20O6S. The van der Waals surface area contributed by atoms with Crippen molar-refractivity contribution in [1.29, 1.82) is 0 Å². The van der Waals surface area contributed by atoms with Crippen LogP contribution >= 0.6 is 0 Å². The molecule has 0 saturated heterocycles. The van der Waals surface area contributed by atoms with Crippen molar-refractivity contribution in [3.8, 4) is 11.5 Å². The number of rotatable bonds is 6. The first-order valence-corrected chi connectivity index (χ1v) is 9.28. The van der Waals surface area contributed by atoms with Gasteiger partial charge in [0, 0.05) is 5.56 Å². The summed E-state index contributed by atoms with van der Waals surface area (Å²) in [4.78, 5) is 11.4. The van der Waals surface area contributed by atoms with Crippen LogP contribution in [0.5, 0.6) is 11.5 Å². The van der Waals surface area contributed by atoms with E-state index in [0.717, 1.165) is 0 Å². The first-order chi connectivity index (χ1) is 11.6. The van der Waals surface area contributed by atoms with E-state index in [4.69, 9.17) is 9.84 Å². The second-order valence-corrected chi connectivity index (χ2v) is 7.86. The van der Waals surface area contributed by atoms with Gasteiger partial charge in [0.15, 0.2) is 9.84 Å². The molecule has 25 heavy (non-hydrogen) atoms. The highest BCUT2D eigenvalue weighted by Gasteiger charge is 2.20. The highest BCUT2D eigenvalue weighted by molar-refractivity contribution is 7.91. The Bertz CT molecular complexity index is 915. The van der Waals surface area contributed by atoms with Crippen LogP contribution in [0.1, 0.15) is 27.0 Å². The average molecular weight is 364 g/mol. The smallest absolute Gasteiger partial charge is 0.339 e. The van der Waals surface area contributed by atoms with E-state index in [1.807, 2.05) is 0 Å². The minimum Gasteiger partial charge on any atom is -0.507 e. The Morgan fingerprint density at radius 3 is 2.36 bits per heavy atom. The molecule has 0 unspecified atom stereocenters. The maximum absolute atomic E-state index is 12.4. The first-order valence-electron chi connectivity index (χ1n) is 7.62. The first kappa shape index (κ1) is 18.8. The molecular weight excluding hydrogens is 344 g/mol. The number of hydrogen-bond donors (Lipinski definition) is 2. The molecule has 0 bridgehead atoms. The summed E-state index contributed by atoms with van der Waals surface area (Å²) in [6.45, 7) is 4.79. The van der Waals surface area contributed by atoms with E-state index in [0.29, 0.717) is 16.9 Å². The van der Waals surface area contributed by atoms with E-state index in [9.17, 15) is 18.3 Å². The summed E-state index contributed by atoms with van der Waals surface area (Å²) in [5.41, 5.74) is 1.24. The number of sulfone groups is 1. The van der Waals surface area contributed by atoms with Crippen molar-refractivity contribution in [3.05, 3.63) is 52.6 Å². The van der Waals surface area contributed by atoms with E-state index in [1.54, 1.807) is 38.1 Å². The minimum absolute atomic E-state index is 0.107. The molecule has 0 aliphatic heterocycles. The molecule has 0 fully saturated rings. The fourth-order valence-corrected chi connectivity index (χ4v) is 3.98. The monoisotopic (exact) mass is 364 g/mol. The number of benzene rings is 2. The van der Waals surface area contributed by atoms with E-state index in [2.05, 4.69) is 0 Å². The molecule has 0 spiro atoms. The number of carboxylic acid groups (broad SMARTS) is 1. The molecule has 0 amide bonds. The Hall–Kier alpha value is -2.54. The number of aryl methyl sites for hydroxylation is 2. The maximum atomic E-state index is 12.4. The lowest BCUT2D eigenvalue weighted by Gasteiger charge is -2.15. The van der Waals surface area contributed by atoms with Crippen LogP contribution in [0, 0.1) is 20.8 Å². The van der Waals surface area contributed by atoms with Gasteiger partial charge in [0.1, 0.15) is 23.7 Å². The van der Waals surface area contributed by atoms with Crippen LogP contribution in [0.15, 0.2) is 35.2 Å². The number of ether oxygens (including phenoxy) is 1. The van der Waals surface area contributed by atoms with Crippen molar-refractivity contribution in [2.45, 2.75) is 25.7 Å². The largest absolute Gasteiger partial charge is 0.507 e. The van der Waals surface area contributed by atoms with Crippen molar-refractivity contribution in [2.75, 3.05) is 12.4 Å². The molecule has 2 aromatic rings. The highest BCUT2D eigenvalue weighted by Crippen LogP contribution is 2.34. The second-order valence-electron chi connectivity index (χ2n) is 5.78. The number of hydrogen-bond acceptors (Lipinski definition) is 5. The molecule has 0 aliphatic carbocycles. The Balaban J connectivity index is 2.19. The Kier molecular flexibility index (Phi) is 5.37. The maximum Gasteiger partial charge on any atom is 0.339 e. The SMILES string of the molecule is Cc1ccccc1S(=O)(=O)CCOc1c(C)cc(C(=O)O)c(O)c1C. The van der Waals surface area contributed by atoms with Crippen molar-refractivity contribution in [2.24, 2.45) is 0 Å². The number of carbonyl (C=O) groups is 1. The van der Waals surface area contributed by atoms with Crippen molar-refractivity contribution in [1.82, 2.24) is 0 Å². The van der Waals surface area contributed by atoms with Crippen LogP contribution in [-0.2, 0) is 9.84 Å². The Morgan fingerprint density at radius 2 is 1.76 bits per heavy atom. The van der Waals surface area contributed by atoms with Gasteiger partial charge in [-0.05, 0) is 44.0 Å². The number of carboxylic acids is 1. The predicted molar refractivity (Wildman–Crippen MR) is 93.3 cm³/mol. The summed E-state index contributed by atoms with van der Waals surface area (Å²) in [5.74, 6) is -1.55. The van der Waals surface area contributed by atoms with Crippen molar-refractivity contribution >= 4 is 15.8 Å². The summed E-state index contributed by atoms with van der Waals surface area (Å²) in [6, 6.07) is 8.01. The molecule has 2 N–H and O–H groups in total. The van der Waals surface area contributed by atoms with Gasteiger partial charge in [-0.1, -0.05) is 18.2 Å². The summed E-state index contributed by atoms with van der Waals surface area (Å²) < 4.78 is 30.4. The molecule has 0 heterocycles. The zero-order valence-electron chi connectivity index (χ0n) is 14.2. The van der Waals surface area contributed by atoms with Gasteiger partial charge in [0.05, 0.1) is 10.6 Å². The third-order valence-corrected chi connectivity index (χ3v) is 5.76. The summed E-state index contributed by atoms with van der Waals surface area (Å²) >= 11 is 0. The van der Waals surface area contributed by atoms with Gasteiger partial charge in [-0.25, -0.2) is 13.2 Å². The lowest BCUT2D eigenvalue weighted by atomic mass is 10.0. The van der Waals surface area contributed by atoms with Crippen LogP contribution in [0.4, 0.5) is 0 Å². The molecule has 0 atom stereocenters. The van der Waals surface area contributed by atoms with Crippen LogP contribution < -0.4 is 4.74 Å². The van der Waals surface area contributed by atoms with Crippen molar-refractivity contribution in [3.63, 3.8) is 0 Å². The lowest BCUT2D eigenvalue weighted by molar-refractivity contribution is 0.0693. The fourth-order valence-electron chi connectivity index (χ4n) is 2.61. The van der Waals surface area contributed by atoms with Gasteiger partial charge in [-0.15, -0.1) is 0 Å². The third kappa shape index (κ3) is 3.93. The molecule has 0 radical (unpaired) electrons. The zero-order chi connectivity index (χ0) is 18.8. The average Bonchev–Trinajstić information content (AvgIpc) is 2.54. The van der Waals surface area contributed by atoms with Gasteiger partial charge in [-0.3, -0.25) is 0 Å². The van der Waals surface area contributed by atoms with E-state index in [-0.39, 0.29) is 34.1 Å². The number of aromatic carboxylic acids is 1. The lowest BCUT2D eigenvalue weighted by Crippen LogP contribution is -2.16. The normalized spacial score (nSPS) is 11.3.